The Kier molecular flexibility index (Phi) is 7.74. The molecule has 0 bridgehead atoms. The SMILES string of the molecule is CN1CCC[C@H]1CCn1ccc2ccc(N=C(N)c3cccs3)cc21.Cl.Cl. The molecular formula is C20H26Cl2N4S. The molecule has 3 heterocycles. The smallest absolute Gasteiger partial charge is 0.141 e. The number of amidine groups is 1. The Morgan fingerprint density at radius 3 is 2.81 bits per heavy atom. The zero-order chi connectivity index (χ0) is 17.2. The third-order valence-electron chi connectivity index (χ3n) is 5.16. The molecule has 4 rings (SSSR count). The van der Waals surface area contributed by atoms with E-state index in [1.54, 1.807) is 11.3 Å². The minimum absolute atomic E-state index is 0. The van der Waals surface area contributed by atoms with Gasteiger partial charge in [0, 0.05) is 18.8 Å². The molecule has 0 radical (unpaired) electrons. The molecule has 0 unspecified atom stereocenters. The van der Waals surface area contributed by atoms with E-state index in [0.717, 1.165) is 17.1 Å². The highest BCUT2D eigenvalue weighted by molar-refractivity contribution is 7.12. The molecule has 4 nitrogen and oxygen atoms in total. The van der Waals surface area contributed by atoms with Crippen LogP contribution in [0, 0.1) is 0 Å². The fourth-order valence-corrected chi connectivity index (χ4v) is 4.31. The van der Waals surface area contributed by atoms with Gasteiger partial charge in [0.05, 0.1) is 16.1 Å². The second kappa shape index (κ2) is 9.60. The summed E-state index contributed by atoms with van der Waals surface area (Å²) in [6.07, 6.45) is 6.04. The first-order valence-corrected chi connectivity index (χ1v) is 9.76. The first-order valence-electron chi connectivity index (χ1n) is 8.88. The quantitative estimate of drug-likeness (QED) is 0.458. The van der Waals surface area contributed by atoms with Crippen molar-refractivity contribution < 1.29 is 0 Å². The molecule has 2 N–H and O–H groups in total. The predicted molar refractivity (Wildman–Crippen MR) is 121 cm³/mol. The maximum atomic E-state index is 6.13. The summed E-state index contributed by atoms with van der Waals surface area (Å²) in [5.74, 6) is 0.583. The number of hydrogen-bond acceptors (Lipinski definition) is 3. The standard InChI is InChI=1S/C20H24N4S.2ClH/c1-23-10-2-4-17(23)9-12-24-11-8-15-6-7-16(14-18(15)24)22-20(21)19-5-3-13-25-19;;/h3,5-8,11,13-14,17H,2,4,9-10,12H2,1H3,(H2,21,22);2*1H/t17-;;/m0../s1. The maximum Gasteiger partial charge on any atom is 0.141 e. The number of fused-ring (bicyclic) bond motifs is 1. The highest BCUT2D eigenvalue weighted by Crippen LogP contribution is 2.25. The summed E-state index contributed by atoms with van der Waals surface area (Å²) in [6.45, 7) is 2.28. The summed E-state index contributed by atoms with van der Waals surface area (Å²) in [5.41, 5.74) is 8.28. The van der Waals surface area contributed by atoms with E-state index in [1.807, 2.05) is 23.6 Å². The van der Waals surface area contributed by atoms with Gasteiger partial charge in [-0.25, -0.2) is 4.99 Å². The fraction of sp³-hybridized carbons (Fsp3) is 0.350. The number of halogens is 2. The van der Waals surface area contributed by atoms with Crippen molar-refractivity contribution in [2.75, 3.05) is 13.6 Å². The molecule has 0 spiro atoms. The van der Waals surface area contributed by atoms with E-state index >= 15 is 0 Å². The Balaban J connectivity index is 0.00000131. The van der Waals surface area contributed by atoms with Crippen LogP contribution < -0.4 is 5.73 Å². The molecule has 1 aliphatic rings. The number of nitrogens with two attached hydrogens (primary N) is 1. The van der Waals surface area contributed by atoms with Gasteiger partial charge in [-0.05, 0) is 67.9 Å². The van der Waals surface area contributed by atoms with Crippen molar-refractivity contribution in [3.05, 3.63) is 52.9 Å². The highest BCUT2D eigenvalue weighted by Gasteiger charge is 2.20. The van der Waals surface area contributed by atoms with Crippen LogP contribution in [0.25, 0.3) is 10.9 Å². The van der Waals surface area contributed by atoms with E-state index in [1.165, 1.54) is 36.7 Å². The van der Waals surface area contributed by atoms with Gasteiger partial charge in [-0.2, -0.15) is 0 Å². The molecule has 1 aliphatic heterocycles. The highest BCUT2D eigenvalue weighted by atomic mass is 35.5. The third kappa shape index (κ3) is 4.85. The first-order chi connectivity index (χ1) is 12.2. The Labute approximate surface area is 176 Å². The molecule has 146 valence electrons. The number of hydrogen-bond donors (Lipinski definition) is 1. The van der Waals surface area contributed by atoms with Crippen molar-refractivity contribution >= 4 is 58.6 Å². The van der Waals surface area contributed by atoms with Crippen LogP contribution in [0.4, 0.5) is 5.69 Å². The Bertz CT molecular complexity index is 889. The zero-order valence-corrected chi connectivity index (χ0v) is 17.8. The normalized spacial score (nSPS) is 17.7. The van der Waals surface area contributed by atoms with Gasteiger partial charge in [0.2, 0.25) is 0 Å². The van der Waals surface area contributed by atoms with Crippen LogP contribution in [-0.4, -0.2) is 34.9 Å². The molecule has 0 amide bonds. The lowest BCUT2D eigenvalue weighted by Crippen LogP contribution is -2.25. The van der Waals surface area contributed by atoms with E-state index in [9.17, 15) is 0 Å². The molecule has 2 aromatic heterocycles. The second-order valence-corrected chi connectivity index (χ2v) is 7.74. The van der Waals surface area contributed by atoms with E-state index in [2.05, 4.69) is 45.9 Å². The molecule has 3 aromatic rings. The Morgan fingerprint density at radius 2 is 2.11 bits per heavy atom. The summed E-state index contributed by atoms with van der Waals surface area (Å²) in [6, 6.07) is 13.2. The third-order valence-corrected chi connectivity index (χ3v) is 6.05. The van der Waals surface area contributed by atoms with Crippen LogP contribution in [0.3, 0.4) is 0 Å². The minimum atomic E-state index is 0. The molecular weight excluding hydrogens is 399 g/mol. The van der Waals surface area contributed by atoms with E-state index in [-0.39, 0.29) is 24.8 Å². The summed E-state index contributed by atoms with van der Waals surface area (Å²) in [7, 11) is 2.24. The lowest BCUT2D eigenvalue weighted by Gasteiger charge is -2.19. The predicted octanol–water partition coefficient (Wildman–Crippen LogP) is 5.07. The molecule has 0 saturated carbocycles. The van der Waals surface area contributed by atoms with Gasteiger partial charge in [-0.3, -0.25) is 0 Å². The number of nitrogens with zero attached hydrogens (tertiary/aromatic N) is 3. The van der Waals surface area contributed by atoms with Crippen molar-refractivity contribution in [3.63, 3.8) is 0 Å². The average molecular weight is 425 g/mol. The van der Waals surface area contributed by atoms with Crippen molar-refractivity contribution in [3.8, 4) is 0 Å². The first kappa shape index (κ1) is 21.8. The molecule has 1 aromatic carbocycles. The van der Waals surface area contributed by atoms with Crippen molar-refractivity contribution in [1.82, 2.24) is 9.47 Å². The topological polar surface area (TPSA) is 46.5 Å². The van der Waals surface area contributed by atoms with Gasteiger partial charge < -0.3 is 15.2 Å². The van der Waals surface area contributed by atoms with E-state index in [4.69, 9.17) is 5.73 Å². The molecule has 1 atom stereocenters. The number of benzene rings is 1. The Morgan fingerprint density at radius 1 is 1.26 bits per heavy atom. The van der Waals surface area contributed by atoms with Crippen LogP contribution in [0.1, 0.15) is 24.1 Å². The van der Waals surface area contributed by atoms with Crippen molar-refractivity contribution in [1.29, 1.82) is 0 Å². The van der Waals surface area contributed by atoms with Crippen LogP contribution in [0.15, 0.2) is 53.0 Å². The van der Waals surface area contributed by atoms with Crippen molar-refractivity contribution in [2.24, 2.45) is 10.7 Å². The van der Waals surface area contributed by atoms with Crippen molar-refractivity contribution in [2.45, 2.75) is 31.8 Å². The van der Waals surface area contributed by atoms with Crippen LogP contribution in [0.2, 0.25) is 0 Å². The van der Waals surface area contributed by atoms with E-state index in [0.29, 0.717) is 11.9 Å². The average Bonchev–Trinajstić information content (AvgIpc) is 3.34. The molecule has 27 heavy (non-hydrogen) atoms. The fourth-order valence-electron chi connectivity index (χ4n) is 3.69. The largest absolute Gasteiger partial charge is 0.383 e. The molecule has 7 heteroatoms. The second-order valence-electron chi connectivity index (χ2n) is 6.79. The van der Waals surface area contributed by atoms with Gasteiger partial charge in [-0.15, -0.1) is 36.2 Å². The lowest BCUT2D eigenvalue weighted by molar-refractivity contribution is 0.287. The van der Waals surface area contributed by atoms with Crippen LogP contribution in [0.5, 0.6) is 0 Å². The molecule has 0 aliphatic carbocycles. The number of thiophene rings is 1. The number of aliphatic imine (C=N–C) groups is 1. The number of aryl methyl sites for hydroxylation is 1. The summed E-state index contributed by atoms with van der Waals surface area (Å²) in [4.78, 5) is 8.11. The van der Waals surface area contributed by atoms with Gasteiger partial charge in [0.15, 0.2) is 0 Å². The van der Waals surface area contributed by atoms with E-state index < -0.39 is 0 Å². The lowest BCUT2D eigenvalue weighted by atomic mass is 10.1. The van der Waals surface area contributed by atoms with Crippen LogP contribution in [-0.2, 0) is 6.54 Å². The minimum Gasteiger partial charge on any atom is -0.383 e. The number of aromatic nitrogens is 1. The monoisotopic (exact) mass is 424 g/mol. The Hall–Kier alpha value is -1.53. The molecule has 1 fully saturated rings. The maximum absolute atomic E-state index is 6.13. The number of likely N-dealkylation sites (tertiary alicyclic amines) is 1. The van der Waals surface area contributed by atoms with Gasteiger partial charge >= 0.3 is 0 Å². The summed E-state index contributed by atoms with van der Waals surface area (Å²) in [5, 5.41) is 3.28. The van der Waals surface area contributed by atoms with Crippen LogP contribution >= 0.6 is 36.2 Å². The number of rotatable bonds is 5. The molecule has 1 saturated heterocycles. The summed E-state index contributed by atoms with van der Waals surface area (Å²) >= 11 is 1.62. The zero-order valence-electron chi connectivity index (χ0n) is 15.4. The van der Waals surface area contributed by atoms with Gasteiger partial charge in [-0.1, -0.05) is 12.1 Å². The van der Waals surface area contributed by atoms with Gasteiger partial charge in [0.25, 0.3) is 0 Å². The van der Waals surface area contributed by atoms with Gasteiger partial charge in [0.1, 0.15) is 5.84 Å². The summed E-state index contributed by atoms with van der Waals surface area (Å²) < 4.78 is 2.35.